The normalized spacial score (nSPS) is 19.4. The summed E-state index contributed by atoms with van der Waals surface area (Å²) in [4.78, 5) is 23.0. The minimum atomic E-state index is -2.58. The van der Waals surface area contributed by atoms with Crippen LogP contribution in [0.1, 0.15) is 52.9 Å². The number of rotatable bonds is 4. The number of amides is 1. The van der Waals surface area contributed by atoms with Crippen LogP contribution in [0.2, 0.25) is 0 Å². The number of nitrogens with one attached hydrogen (secondary N) is 1. The Morgan fingerprint density at radius 1 is 1.25 bits per heavy atom. The Balaban J connectivity index is 2.23. The summed E-state index contributed by atoms with van der Waals surface area (Å²) in [7, 11) is 0. The molecule has 1 amide bonds. The van der Waals surface area contributed by atoms with Crippen molar-refractivity contribution in [1.29, 1.82) is 0 Å². The van der Waals surface area contributed by atoms with Crippen molar-refractivity contribution < 1.29 is 23.1 Å². The Labute approximate surface area is 118 Å². The van der Waals surface area contributed by atoms with E-state index in [0.717, 1.165) is 0 Å². The third-order valence-electron chi connectivity index (χ3n) is 3.16. The third kappa shape index (κ3) is 6.82. The van der Waals surface area contributed by atoms with Gasteiger partial charge >= 0.3 is 5.97 Å². The van der Waals surface area contributed by atoms with Crippen LogP contribution >= 0.6 is 0 Å². The number of halogens is 2. The van der Waals surface area contributed by atoms with E-state index in [1.807, 2.05) is 0 Å². The molecule has 1 saturated carbocycles. The monoisotopic (exact) mass is 291 g/mol. The van der Waals surface area contributed by atoms with Crippen LogP contribution in [0, 0.1) is 5.92 Å². The van der Waals surface area contributed by atoms with E-state index in [4.69, 9.17) is 4.74 Å². The lowest BCUT2D eigenvalue weighted by molar-refractivity contribution is -0.154. The Hall–Kier alpha value is -1.20. The molecule has 0 aromatic heterocycles. The van der Waals surface area contributed by atoms with Crippen molar-refractivity contribution in [2.24, 2.45) is 5.92 Å². The molecule has 1 fully saturated rings. The van der Waals surface area contributed by atoms with Crippen LogP contribution in [0.4, 0.5) is 8.78 Å². The summed E-state index contributed by atoms with van der Waals surface area (Å²) in [6.45, 7) is 5.05. The van der Waals surface area contributed by atoms with Gasteiger partial charge in [0.2, 0.25) is 11.8 Å². The quantitative estimate of drug-likeness (QED) is 0.810. The van der Waals surface area contributed by atoms with Crippen LogP contribution < -0.4 is 5.32 Å². The number of alkyl halides is 2. The van der Waals surface area contributed by atoms with Gasteiger partial charge in [-0.2, -0.15) is 0 Å². The largest absolute Gasteiger partial charge is 0.459 e. The third-order valence-corrected chi connectivity index (χ3v) is 3.16. The lowest BCUT2D eigenvalue weighted by Gasteiger charge is -2.27. The van der Waals surface area contributed by atoms with E-state index in [2.05, 4.69) is 5.32 Å². The standard InChI is InChI=1S/C14H23F2NO3/c1-13(2,3)20-12(19)9-17-11(18)8-10-4-6-14(15,16)7-5-10/h10H,4-9H2,1-3H3,(H,17,18). The molecule has 1 N–H and O–H groups in total. The summed E-state index contributed by atoms with van der Waals surface area (Å²) in [5.74, 6) is -3.39. The van der Waals surface area contributed by atoms with E-state index in [1.165, 1.54) is 0 Å². The molecular weight excluding hydrogens is 268 g/mol. The van der Waals surface area contributed by atoms with Gasteiger partial charge in [0.1, 0.15) is 12.1 Å². The molecule has 1 rings (SSSR count). The second kappa shape index (κ2) is 6.50. The predicted molar refractivity (Wildman–Crippen MR) is 70.4 cm³/mol. The zero-order valence-electron chi connectivity index (χ0n) is 12.3. The van der Waals surface area contributed by atoms with E-state index >= 15 is 0 Å². The van der Waals surface area contributed by atoms with Crippen LogP contribution in [0.3, 0.4) is 0 Å². The zero-order valence-corrected chi connectivity index (χ0v) is 12.3. The molecule has 20 heavy (non-hydrogen) atoms. The topological polar surface area (TPSA) is 55.4 Å². The van der Waals surface area contributed by atoms with Crippen LogP contribution in [0.5, 0.6) is 0 Å². The molecule has 1 aliphatic rings. The fourth-order valence-corrected chi connectivity index (χ4v) is 2.19. The Morgan fingerprint density at radius 2 is 1.80 bits per heavy atom. The van der Waals surface area contributed by atoms with Gasteiger partial charge in [-0.1, -0.05) is 0 Å². The summed E-state index contributed by atoms with van der Waals surface area (Å²) in [6, 6.07) is 0. The molecule has 116 valence electrons. The van der Waals surface area contributed by atoms with Crippen LogP contribution in [-0.2, 0) is 14.3 Å². The fourth-order valence-electron chi connectivity index (χ4n) is 2.19. The Morgan fingerprint density at radius 3 is 2.30 bits per heavy atom. The van der Waals surface area contributed by atoms with Crippen molar-refractivity contribution in [3.8, 4) is 0 Å². The molecule has 0 unspecified atom stereocenters. The van der Waals surface area contributed by atoms with Crippen LogP contribution in [0.15, 0.2) is 0 Å². The second-order valence-electron chi connectivity index (χ2n) is 6.37. The molecule has 0 radical (unpaired) electrons. The number of hydrogen-bond acceptors (Lipinski definition) is 3. The first-order valence-electron chi connectivity index (χ1n) is 6.94. The maximum absolute atomic E-state index is 13.0. The molecule has 0 spiro atoms. The van der Waals surface area contributed by atoms with Crippen molar-refractivity contribution in [3.05, 3.63) is 0 Å². The van der Waals surface area contributed by atoms with Crippen LogP contribution in [0.25, 0.3) is 0 Å². The highest BCUT2D eigenvalue weighted by Crippen LogP contribution is 2.37. The molecule has 0 atom stereocenters. The predicted octanol–water partition coefficient (Wildman–Crippen LogP) is 2.66. The highest BCUT2D eigenvalue weighted by molar-refractivity contribution is 5.82. The Kier molecular flexibility index (Phi) is 5.48. The smallest absolute Gasteiger partial charge is 0.325 e. The summed E-state index contributed by atoms with van der Waals surface area (Å²) in [6.07, 6.45) is 0.590. The van der Waals surface area contributed by atoms with E-state index in [-0.39, 0.29) is 37.6 Å². The molecule has 6 heteroatoms. The number of esters is 1. The van der Waals surface area contributed by atoms with Gasteiger partial charge in [0.25, 0.3) is 0 Å². The molecule has 0 aliphatic heterocycles. The van der Waals surface area contributed by atoms with Gasteiger partial charge in [0, 0.05) is 19.3 Å². The van der Waals surface area contributed by atoms with Crippen LogP contribution in [-0.4, -0.2) is 29.9 Å². The van der Waals surface area contributed by atoms with Gasteiger partial charge < -0.3 is 10.1 Å². The first-order valence-corrected chi connectivity index (χ1v) is 6.94. The van der Waals surface area contributed by atoms with Crippen molar-refractivity contribution >= 4 is 11.9 Å². The maximum Gasteiger partial charge on any atom is 0.325 e. The molecule has 0 heterocycles. The van der Waals surface area contributed by atoms with E-state index in [0.29, 0.717) is 12.8 Å². The van der Waals surface area contributed by atoms with Gasteiger partial charge in [-0.05, 0) is 39.5 Å². The average Bonchev–Trinajstić information content (AvgIpc) is 2.27. The molecule has 0 bridgehead atoms. The highest BCUT2D eigenvalue weighted by atomic mass is 19.3. The van der Waals surface area contributed by atoms with Crippen molar-refractivity contribution in [2.75, 3.05) is 6.54 Å². The summed E-state index contributed by atoms with van der Waals surface area (Å²) < 4.78 is 31.0. The van der Waals surface area contributed by atoms with Gasteiger partial charge in [-0.3, -0.25) is 9.59 Å². The number of hydrogen-bond donors (Lipinski definition) is 1. The van der Waals surface area contributed by atoms with E-state index in [9.17, 15) is 18.4 Å². The first-order chi connectivity index (χ1) is 9.07. The Bertz CT molecular complexity index is 354. The van der Waals surface area contributed by atoms with Crippen molar-refractivity contribution in [1.82, 2.24) is 5.32 Å². The molecule has 4 nitrogen and oxygen atoms in total. The number of carbonyl (C=O) groups is 2. The lowest BCUT2D eigenvalue weighted by Crippen LogP contribution is -2.36. The van der Waals surface area contributed by atoms with Gasteiger partial charge in [-0.25, -0.2) is 8.78 Å². The number of ether oxygens (including phenoxy) is 1. The summed E-state index contributed by atoms with van der Waals surface area (Å²) in [5, 5.41) is 2.47. The second-order valence-corrected chi connectivity index (χ2v) is 6.37. The highest BCUT2D eigenvalue weighted by Gasteiger charge is 2.35. The van der Waals surface area contributed by atoms with Gasteiger partial charge in [-0.15, -0.1) is 0 Å². The van der Waals surface area contributed by atoms with Gasteiger partial charge in [0.05, 0.1) is 0 Å². The van der Waals surface area contributed by atoms with E-state index < -0.39 is 17.5 Å². The summed E-state index contributed by atoms with van der Waals surface area (Å²) >= 11 is 0. The molecule has 1 aliphatic carbocycles. The lowest BCUT2D eigenvalue weighted by atomic mass is 9.84. The minimum Gasteiger partial charge on any atom is -0.459 e. The van der Waals surface area contributed by atoms with Crippen molar-refractivity contribution in [3.63, 3.8) is 0 Å². The average molecular weight is 291 g/mol. The van der Waals surface area contributed by atoms with Crippen molar-refractivity contribution in [2.45, 2.75) is 64.4 Å². The fraction of sp³-hybridized carbons (Fsp3) is 0.857. The summed E-state index contributed by atoms with van der Waals surface area (Å²) in [5.41, 5.74) is -0.587. The molecular formula is C14H23F2NO3. The minimum absolute atomic E-state index is 0.0201. The zero-order chi connectivity index (χ0) is 15.4. The molecule has 0 aromatic carbocycles. The maximum atomic E-state index is 13.0. The number of carbonyl (C=O) groups excluding carboxylic acids is 2. The first kappa shape index (κ1) is 16.9. The molecule has 0 saturated heterocycles. The van der Waals surface area contributed by atoms with Gasteiger partial charge in [0.15, 0.2) is 0 Å². The SMILES string of the molecule is CC(C)(C)OC(=O)CNC(=O)CC1CCC(F)(F)CC1. The van der Waals surface area contributed by atoms with E-state index in [1.54, 1.807) is 20.8 Å². The molecule has 0 aromatic rings.